The second-order valence-electron chi connectivity index (χ2n) is 4.76. The van der Waals surface area contributed by atoms with Crippen LogP contribution in [-0.4, -0.2) is 57.3 Å². The molecule has 2 aliphatic rings. The van der Waals surface area contributed by atoms with E-state index in [0.717, 1.165) is 6.42 Å². The fourth-order valence-corrected chi connectivity index (χ4v) is 2.73. The third-order valence-electron chi connectivity index (χ3n) is 3.62. The van der Waals surface area contributed by atoms with E-state index >= 15 is 0 Å². The van der Waals surface area contributed by atoms with Gasteiger partial charge in [-0.2, -0.15) is 0 Å². The van der Waals surface area contributed by atoms with Crippen LogP contribution in [0.1, 0.15) is 23.3 Å². The van der Waals surface area contributed by atoms with Crippen molar-refractivity contribution < 1.29 is 9.59 Å². The Balaban J connectivity index is 1.72. The van der Waals surface area contributed by atoms with Crippen LogP contribution in [-0.2, 0) is 4.79 Å². The number of fused-ring (bicyclic) bond motifs is 1. The fraction of sp³-hybridized carbons (Fsp3) is 0.500. The monoisotopic (exact) mass is 280 g/mol. The average molecular weight is 281 g/mol. The minimum absolute atomic E-state index is 0.150. The molecule has 6 nitrogen and oxygen atoms in total. The van der Waals surface area contributed by atoms with Crippen LogP contribution in [0.4, 0.5) is 0 Å². The van der Waals surface area contributed by atoms with E-state index in [-0.39, 0.29) is 23.0 Å². The summed E-state index contributed by atoms with van der Waals surface area (Å²) in [5, 5.41) is 0.266. The van der Waals surface area contributed by atoms with Crippen LogP contribution in [0.25, 0.3) is 0 Å². The molecule has 2 amide bonds. The van der Waals surface area contributed by atoms with Gasteiger partial charge in [0, 0.05) is 32.1 Å². The molecule has 0 spiro atoms. The molecule has 0 bridgehead atoms. The van der Waals surface area contributed by atoms with Gasteiger partial charge in [0.1, 0.15) is 10.8 Å². The standard InChI is InChI=1S/C12H13ClN4O2/c13-10-6-14-9(5-15-10)12(19)16-3-4-17-8(7-16)1-2-11(17)18/h5-6,8H,1-4,7H2. The maximum absolute atomic E-state index is 12.3. The number of hydrogen-bond donors (Lipinski definition) is 0. The van der Waals surface area contributed by atoms with Gasteiger partial charge in [0.05, 0.1) is 12.4 Å². The number of carbonyl (C=O) groups is 2. The summed E-state index contributed by atoms with van der Waals surface area (Å²) in [7, 11) is 0. The van der Waals surface area contributed by atoms with E-state index in [1.165, 1.54) is 12.4 Å². The van der Waals surface area contributed by atoms with Crippen molar-refractivity contribution in [2.24, 2.45) is 0 Å². The highest BCUT2D eigenvalue weighted by Gasteiger charge is 2.37. The summed E-state index contributed by atoms with van der Waals surface area (Å²) in [6, 6.07) is 0.158. The van der Waals surface area contributed by atoms with E-state index in [9.17, 15) is 9.59 Å². The zero-order valence-electron chi connectivity index (χ0n) is 10.3. The van der Waals surface area contributed by atoms with Crippen LogP contribution < -0.4 is 0 Å². The van der Waals surface area contributed by atoms with Gasteiger partial charge in [-0.3, -0.25) is 9.59 Å². The first-order chi connectivity index (χ1) is 9.15. The van der Waals surface area contributed by atoms with Gasteiger partial charge in [-0.1, -0.05) is 11.6 Å². The average Bonchev–Trinajstić information content (AvgIpc) is 2.80. The van der Waals surface area contributed by atoms with Crippen molar-refractivity contribution in [3.05, 3.63) is 23.2 Å². The Morgan fingerprint density at radius 1 is 1.32 bits per heavy atom. The van der Waals surface area contributed by atoms with Gasteiger partial charge < -0.3 is 9.80 Å². The number of halogens is 1. The highest BCUT2D eigenvalue weighted by molar-refractivity contribution is 6.29. The molecular formula is C12H13ClN4O2. The lowest BCUT2D eigenvalue weighted by Crippen LogP contribution is -2.53. The van der Waals surface area contributed by atoms with Gasteiger partial charge in [-0.15, -0.1) is 0 Å². The first-order valence-electron chi connectivity index (χ1n) is 6.21. The Kier molecular flexibility index (Phi) is 3.10. The van der Waals surface area contributed by atoms with Gasteiger partial charge in [-0.25, -0.2) is 9.97 Å². The van der Waals surface area contributed by atoms with Crippen LogP contribution in [0, 0.1) is 0 Å². The molecule has 0 aromatic carbocycles. The van der Waals surface area contributed by atoms with Crippen molar-refractivity contribution in [1.29, 1.82) is 0 Å². The van der Waals surface area contributed by atoms with Crippen LogP contribution in [0.5, 0.6) is 0 Å². The molecule has 19 heavy (non-hydrogen) atoms. The molecule has 1 aromatic heterocycles. The Labute approximate surface area is 115 Å². The third-order valence-corrected chi connectivity index (χ3v) is 3.82. The Hall–Kier alpha value is -1.69. The number of aromatic nitrogens is 2. The van der Waals surface area contributed by atoms with Crippen molar-refractivity contribution in [3.8, 4) is 0 Å². The predicted octanol–water partition coefficient (Wildman–Crippen LogP) is 0.577. The lowest BCUT2D eigenvalue weighted by Gasteiger charge is -2.37. The van der Waals surface area contributed by atoms with Crippen molar-refractivity contribution >= 4 is 23.4 Å². The largest absolute Gasteiger partial charge is 0.336 e. The molecule has 1 atom stereocenters. The summed E-state index contributed by atoms with van der Waals surface area (Å²) < 4.78 is 0. The van der Waals surface area contributed by atoms with E-state index in [1.54, 1.807) is 4.90 Å². The van der Waals surface area contributed by atoms with Crippen molar-refractivity contribution in [1.82, 2.24) is 19.8 Å². The summed E-state index contributed by atoms with van der Waals surface area (Å²) in [6.45, 7) is 1.73. The number of piperazine rings is 1. The maximum atomic E-state index is 12.3. The molecule has 1 unspecified atom stereocenters. The smallest absolute Gasteiger partial charge is 0.274 e. The molecule has 0 saturated carbocycles. The lowest BCUT2D eigenvalue weighted by molar-refractivity contribution is -0.130. The molecule has 0 aliphatic carbocycles. The van der Waals surface area contributed by atoms with Gasteiger partial charge in [0.25, 0.3) is 5.91 Å². The zero-order valence-corrected chi connectivity index (χ0v) is 11.0. The Morgan fingerprint density at radius 2 is 2.16 bits per heavy atom. The molecular weight excluding hydrogens is 268 g/mol. The molecule has 100 valence electrons. The molecule has 0 N–H and O–H groups in total. The summed E-state index contributed by atoms with van der Waals surface area (Å²) in [5.74, 6) is 0.0477. The van der Waals surface area contributed by atoms with Crippen molar-refractivity contribution in [3.63, 3.8) is 0 Å². The minimum Gasteiger partial charge on any atom is -0.336 e. The topological polar surface area (TPSA) is 66.4 Å². The molecule has 0 radical (unpaired) electrons. The lowest BCUT2D eigenvalue weighted by atomic mass is 10.1. The highest BCUT2D eigenvalue weighted by atomic mass is 35.5. The van der Waals surface area contributed by atoms with Crippen molar-refractivity contribution in [2.45, 2.75) is 18.9 Å². The van der Waals surface area contributed by atoms with E-state index in [0.29, 0.717) is 31.7 Å². The molecule has 2 fully saturated rings. The fourth-order valence-electron chi connectivity index (χ4n) is 2.63. The van der Waals surface area contributed by atoms with E-state index in [4.69, 9.17) is 11.6 Å². The predicted molar refractivity (Wildman–Crippen MR) is 67.7 cm³/mol. The van der Waals surface area contributed by atoms with Gasteiger partial charge in [-0.05, 0) is 6.42 Å². The summed E-state index contributed by atoms with van der Waals surface area (Å²) in [5.41, 5.74) is 0.294. The van der Waals surface area contributed by atoms with Crippen LogP contribution in [0.2, 0.25) is 5.15 Å². The molecule has 7 heteroatoms. The quantitative estimate of drug-likeness (QED) is 0.755. The Bertz CT molecular complexity index is 519. The number of rotatable bonds is 1. The number of nitrogens with zero attached hydrogens (tertiary/aromatic N) is 4. The first-order valence-corrected chi connectivity index (χ1v) is 6.59. The van der Waals surface area contributed by atoms with Gasteiger partial charge >= 0.3 is 0 Å². The summed E-state index contributed by atoms with van der Waals surface area (Å²) in [4.78, 5) is 35.3. The van der Waals surface area contributed by atoms with Crippen LogP contribution >= 0.6 is 11.6 Å². The molecule has 2 saturated heterocycles. The number of hydrogen-bond acceptors (Lipinski definition) is 4. The number of amides is 2. The van der Waals surface area contributed by atoms with Crippen molar-refractivity contribution in [2.75, 3.05) is 19.6 Å². The summed E-state index contributed by atoms with van der Waals surface area (Å²) in [6.07, 6.45) is 4.17. The number of carbonyl (C=O) groups excluding carboxylic acids is 2. The first kappa shape index (κ1) is 12.3. The SMILES string of the molecule is O=C(c1cnc(Cl)cn1)N1CCN2C(=O)CCC2C1. The van der Waals surface area contributed by atoms with Gasteiger partial charge in [0.2, 0.25) is 5.91 Å². The second kappa shape index (κ2) is 4.77. The third kappa shape index (κ3) is 2.28. The van der Waals surface area contributed by atoms with Crippen LogP contribution in [0.3, 0.4) is 0 Å². The molecule has 3 rings (SSSR count). The summed E-state index contributed by atoms with van der Waals surface area (Å²) >= 11 is 5.65. The minimum atomic E-state index is -0.150. The van der Waals surface area contributed by atoms with E-state index in [1.807, 2.05) is 4.90 Å². The maximum Gasteiger partial charge on any atom is 0.274 e. The highest BCUT2D eigenvalue weighted by Crippen LogP contribution is 2.23. The Morgan fingerprint density at radius 3 is 2.89 bits per heavy atom. The van der Waals surface area contributed by atoms with Crippen LogP contribution in [0.15, 0.2) is 12.4 Å². The van der Waals surface area contributed by atoms with Gasteiger partial charge in [0.15, 0.2) is 0 Å². The van der Waals surface area contributed by atoms with E-state index < -0.39 is 0 Å². The van der Waals surface area contributed by atoms with E-state index in [2.05, 4.69) is 9.97 Å². The zero-order chi connectivity index (χ0) is 13.4. The molecule has 1 aromatic rings. The second-order valence-corrected chi connectivity index (χ2v) is 5.14. The normalized spacial score (nSPS) is 22.6. The molecule has 2 aliphatic heterocycles. The molecule has 3 heterocycles.